The van der Waals surface area contributed by atoms with E-state index in [1.54, 1.807) is 24.3 Å². The molecule has 0 saturated carbocycles. The van der Waals surface area contributed by atoms with Gasteiger partial charge in [0, 0.05) is 25.4 Å². The number of carbonyl (C=O) groups is 1. The number of carbonyl (C=O) groups excluding carboxylic acids is 1. The molecule has 1 atom stereocenters. The van der Waals surface area contributed by atoms with Crippen molar-refractivity contribution in [1.82, 2.24) is 14.8 Å². The highest BCUT2D eigenvalue weighted by Crippen LogP contribution is 2.28. The Bertz CT molecular complexity index is 924. The monoisotopic (exact) mass is 440 g/mol. The van der Waals surface area contributed by atoms with Gasteiger partial charge in [0.25, 0.3) is 0 Å². The van der Waals surface area contributed by atoms with Crippen LogP contribution in [-0.2, 0) is 16.1 Å². The molecule has 164 valence electrons. The zero-order valence-corrected chi connectivity index (χ0v) is 18.6. The SMILES string of the molecule is CC1CCN(c2nnc(SCC(=O)Nc3ccc(C#N)cc3)n2C[C@@H]2CCCO2)CC1. The number of benzene rings is 1. The molecule has 1 aromatic heterocycles. The Kier molecular flexibility index (Phi) is 7.10. The van der Waals surface area contributed by atoms with E-state index in [0.29, 0.717) is 17.8 Å². The second kappa shape index (κ2) is 10.2. The smallest absolute Gasteiger partial charge is 0.234 e. The fourth-order valence-corrected chi connectivity index (χ4v) is 4.68. The van der Waals surface area contributed by atoms with E-state index in [9.17, 15) is 4.79 Å². The minimum absolute atomic E-state index is 0.116. The number of thioether (sulfide) groups is 1. The molecule has 1 amide bonds. The fourth-order valence-electron chi connectivity index (χ4n) is 3.94. The van der Waals surface area contributed by atoms with Crippen LogP contribution in [0.3, 0.4) is 0 Å². The first-order valence-electron chi connectivity index (χ1n) is 10.8. The Morgan fingerprint density at radius 3 is 2.71 bits per heavy atom. The van der Waals surface area contributed by atoms with E-state index in [0.717, 1.165) is 62.4 Å². The highest BCUT2D eigenvalue weighted by Gasteiger charge is 2.26. The maximum absolute atomic E-state index is 12.5. The van der Waals surface area contributed by atoms with Gasteiger partial charge in [0.15, 0.2) is 5.16 Å². The van der Waals surface area contributed by atoms with Crippen LogP contribution in [0.15, 0.2) is 29.4 Å². The molecule has 0 aliphatic carbocycles. The van der Waals surface area contributed by atoms with Crippen LogP contribution in [0.1, 0.15) is 38.2 Å². The van der Waals surface area contributed by atoms with Gasteiger partial charge in [0.2, 0.25) is 11.9 Å². The van der Waals surface area contributed by atoms with Gasteiger partial charge in [-0.25, -0.2) is 0 Å². The molecule has 8 nitrogen and oxygen atoms in total. The maximum Gasteiger partial charge on any atom is 0.234 e. The Labute approximate surface area is 187 Å². The van der Waals surface area contributed by atoms with E-state index >= 15 is 0 Å². The van der Waals surface area contributed by atoms with Crippen molar-refractivity contribution in [1.29, 1.82) is 5.26 Å². The second-order valence-corrected chi connectivity index (χ2v) is 9.17. The van der Waals surface area contributed by atoms with Crippen LogP contribution in [0.25, 0.3) is 0 Å². The van der Waals surface area contributed by atoms with Gasteiger partial charge in [-0.05, 0) is 55.9 Å². The number of anilines is 2. The van der Waals surface area contributed by atoms with Gasteiger partial charge in [0.05, 0.1) is 30.0 Å². The van der Waals surface area contributed by atoms with Crippen molar-refractivity contribution in [3.8, 4) is 6.07 Å². The number of piperidine rings is 1. The van der Waals surface area contributed by atoms with Gasteiger partial charge in [-0.3, -0.25) is 9.36 Å². The molecule has 1 N–H and O–H groups in total. The first-order chi connectivity index (χ1) is 15.1. The van der Waals surface area contributed by atoms with Gasteiger partial charge in [-0.2, -0.15) is 5.26 Å². The summed E-state index contributed by atoms with van der Waals surface area (Å²) in [6.07, 6.45) is 4.60. The summed E-state index contributed by atoms with van der Waals surface area (Å²) < 4.78 is 7.99. The zero-order chi connectivity index (χ0) is 21.6. The van der Waals surface area contributed by atoms with Crippen molar-refractivity contribution in [2.45, 2.75) is 50.4 Å². The Balaban J connectivity index is 1.42. The quantitative estimate of drug-likeness (QED) is 0.660. The Morgan fingerprint density at radius 1 is 1.26 bits per heavy atom. The lowest BCUT2D eigenvalue weighted by Gasteiger charge is -2.31. The van der Waals surface area contributed by atoms with Crippen LogP contribution in [0.2, 0.25) is 0 Å². The molecule has 9 heteroatoms. The molecule has 0 bridgehead atoms. The maximum atomic E-state index is 12.5. The summed E-state index contributed by atoms with van der Waals surface area (Å²) in [5.74, 6) is 1.75. The number of hydrogen-bond acceptors (Lipinski definition) is 7. The molecule has 2 fully saturated rings. The number of nitrogens with one attached hydrogen (secondary N) is 1. The van der Waals surface area contributed by atoms with E-state index in [1.807, 2.05) is 0 Å². The first-order valence-corrected chi connectivity index (χ1v) is 11.8. The summed E-state index contributed by atoms with van der Waals surface area (Å²) in [5.41, 5.74) is 1.24. The molecule has 0 radical (unpaired) electrons. The van der Waals surface area contributed by atoms with Gasteiger partial charge < -0.3 is 15.0 Å². The van der Waals surface area contributed by atoms with Crippen molar-refractivity contribution < 1.29 is 9.53 Å². The molecular formula is C22H28N6O2S. The largest absolute Gasteiger partial charge is 0.376 e. The number of hydrogen-bond donors (Lipinski definition) is 1. The van der Waals surface area contributed by atoms with Gasteiger partial charge >= 0.3 is 0 Å². The standard InChI is InChI=1S/C22H28N6O2S/c1-16-8-10-27(11-9-16)21-25-26-22(28(21)14-19-3-2-12-30-19)31-15-20(29)24-18-6-4-17(13-23)5-7-18/h4-7,16,19H,2-3,8-12,14-15H2,1H3,(H,24,29)/t19-/m0/s1. The minimum Gasteiger partial charge on any atom is -0.376 e. The number of nitriles is 1. The molecule has 0 spiro atoms. The molecule has 2 aliphatic rings. The molecule has 3 heterocycles. The molecule has 2 aliphatic heterocycles. The lowest BCUT2D eigenvalue weighted by Crippen LogP contribution is -2.35. The minimum atomic E-state index is -0.116. The molecule has 4 rings (SSSR count). The summed E-state index contributed by atoms with van der Waals surface area (Å²) in [6, 6.07) is 8.91. The zero-order valence-electron chi connectivity index (χ0n) is 17.8. The second-order valence-electron chi connectivity index (χ2n) is 8.22. The van der Waals surface area contributed by atoms with Crippen molar-refractivity contribution >= 4 is 29.3 Å². The van der Waals surface area contributed by atoms with Gasteiger partial charge in [-0.15, -0.1) is 10.2 Å². The number of ether oxygens (including phenoxy) is 1. The highest BCUT2D eigenvalue weighted by atomic mass is 32.2. The van der Waals surface area contributed by atoms with Crippen LogP contribution in [0.4, 0.5) is 11.6 Å². The molecule has 0 unspecified atom stereocenters. The van der Waals surface area contributed by atoms with Crippen molar-refractivity contribution in [2.75, 3.05) is 35.7 Å². The molecule has 2 saturated heterocycles. The average Bonchev–Trinajstić information content (AvgIpc) is 3.44. The molecule has 1 aromatic carbocycles. The fraction of sp³-hybridized carbons (Fsp3) is 0.545. The van der Waals surface area contributed by atoms with E-state index in [1.165, 1.54) is 11.8 Å². The molecule has 2 aromatic rings. The number of amides is 1. The normalized spacial score (nSPS) is 19.4. The summed E-state index contributed by atoms with van der Waals surface area (Å²) in [6.45, 7) is 5.78. The lowest BCUT2D eigenvalue weighted by molar-refractivity contribution is -0.113. The summed E-state index contributed by atoms with van der Waals surface area (Å²) in [5, 5.41) is 21.4. The Morgan fingerprint density at radius 2 is 2.03 bits per heavy atom. The van der Waals surface area contributed by atoms with Crippen LogP contribution in [0.5, 0.6) is 0 Å². The van der Waals surface area contributed by atoms with Gasteiger partial charge in [-0.1, -0.05) is 18.7 Å². The number of rotatable bonds is 7. The number of nitrogens with zero attached hydrogens (tertiary/aromatic N) is 5. The van der Waals surface area contributed by atoms with Crippen LogP contribution >= 0.6 is 11.8 Å². The topological polar surface area (TPSA) is 96.1 Å². The Hall–Kier alpha value is -2.57. The van der Waals surface area contributed by atoms with Gasteiger partial charge in [0.1, 0.15) is 0 Å². The van der Waals surface area contributed by atoms with Crippen molar-refractivity contribution in [2.24, 2.45) is 5.92 Å². The molecule has 31 heavy (non-hydrogen) atoms. The predicted octanol–water partition coefficient (Wildman–Crippen LogP) is 3.30. The van der Waals surface area contributed by atoms with E-state index in [2.05, 4.69) is 38.0 Å². The van der Waals surface area contributed by atoms with Crippen molar-refractivity contribution in [3.05, 3.63) is 29.8 Å². The summed E-state index contributed by atoms with van der Waals surface area (Å²) in [7, 11) is 0. The third-order valence-electron chi connectivity index (χ3n) is 5.80. The van der Waals surface area contributed by atoms with Crippen LogP contribution in [-0.4, -0.2) is 52.2 Å². The van der Waals surface area contributed by atoms with E-state index < -0.39 is 0 Å². The van der Waals surface area contributed by atoms with E-state index in [4.69, 9.17) is 10.00 Å². The summed E-state index contributed by atoms with van der Waals surface area (Å²) >= 11 is 1.39. The summed E-state index contributed by atoms with van der Waals surface area (Å²) in [4.78, 5) is 14.8. The lowest BCUT2D eigenvalue weighted by atomic mass is 10.00. The van der Waals surface area contributed by atoms with Crippen LogP contribution < -0.4 is 10.2 Å². The molecular weight excluding hydrogens is 412 g/mol. The first kappa shape index (κ1) is 21.7. The number of aromatic nitrogens is 3. The predicted molar refractivity (Wildman–Crippen MR) is 120 cm³/mol. The third-order valence-corrected chi connectivity index (χ3v) is 6.77. The van der Waals surface area contributed by atoms with Crippen LogP contribution in [0, 0.1) is 17.2 Å². The average molecular weight is 441 g/mol. The third kappa shape index (κ3) is 5.57. The highest BCUT2D eigenvalue weighted by molar-refractivity contribution is 7.99. The van der Waals surface area contributed by atoms with E-state index in [-0.39, 0.29) is 17.8 Å². The van der Waals surface area contributed by atoms with Crippen molar-refractivity contribution in [3.63, 3.8) is 0 Å².